The number of aromatic amines is 1. The standard InChI is InChI=1S/C12H9NO4/c14-11(15)5-6-12(16)17-10-7-13-9-4-2-1-3-8(9)10/h1-7,13H,(H,14,15)/b6-5+. The van der Waals surface area contributed by atoms with Gasteiger partial charge in [-0.3, -0.25) is 0 Å². The molecular weight excluding hydrogens is 222 g/mol. The van der Waals surface area contributed by atoms with E-state index in [1.807, 2.05) is 18.2 Å². The van der Waals surface area contributed by atoms with Gasteiger partial charge < -0.3 is 14.8 Å². The van der Waals surface area contributed by atoms with E-state index in [0.717, 1.165) is 23.1 Å². The second kappa shape index (κ2) is 4.52. The van der Waals surface area contributed by atoms with Crippen molar-refractivity contribution in [3.05, 3.63) is 42.6 Å². The number of para-hydroxylation sites is 1. The predicted octanol–water partition coefficient (Wildman–Crippen LogP) is 1.71. The maximum Gasteiger partial charge on any atom is 0.336 e. The molecule has 5 heteroatoms. The summed E-state index contributed by atoms with van der Waals surface area (Å²) in [5, 5.41) is 9.13. The lowest BCUT2D eigenvalue weighted by Crippen LogP contribution is -2.04. The number of fused-ring (bicyclic) bond motifs is 1. The van der Waals surface area contributed by atoms with Crippen molar-refractivity contribution in [3.8, 4) is 5.75 Å². The number of rotatable bonds is 3. The number of carboxylic acid groups (broad SMARTS) is 1. The molecular formula is C12H9NO4. The van der Waals surface area contributed by atoms with Crippen LogP contribution >= 0.6 is 0 Å². The van der Waals surface area contributed by atoms with Crippen LogP contribution in [0.2, 0.25) is 0 Å². The summed E-state index contributed by atoms with van der Waals surface area (Å²) >= 11 is 0. The van der Waals surface area contributed by atoms with Crippen LogP contribution in [-0.2, 0) is 9.59 Å². The zero-order valence-corrected chi connectivity index (χ0v) is 8.71. The predicted molar refractivity (Wildman–Crippen MR) is 60.7 cm³/mol. The summed E-state index contributed by atoms with van der Waals surface area (Å²) in [7, 11) is 0. The smallest absolute Gasteiger partial charge is 0.336 e. The van der Waals surface area contributed by atoms with E-state index in [2.05, 4.69) is 4.98 Å². The first kappa shape index (κ1) is 10.9. The number of nitrogens with one attached hydrogen (secondary N) is 1. The Morgan fingerprint density at radius 3 is 2.76 bits per heavy atom. The number of hydrogen-bond acceptors (Lipinski definition) is 3. The highest BCUT2D eigenvalue weighted by Crippen LogP contribution is 2.24. The average molecular weight is 231 g/mol. The molecule has 0 radical (unpaired) electrons. The van der Waals surface area contributed by atoms with Gasteiger partial charge in [0.15, 0.2) is 5.75 Å². The fourth-order valence-electron chi connectivity index (χ4n) is 1.41. The second-order valence-electron chi connectivity index (χ2n) is 3.29. The third-order valence-corrected chi connectivity index (χ3v) is 2.12. The summed E-state index contributed by atoms with van der Waals surface area (Å²) in [6.45, 7) is 0. The fraction of sp³-hybridized carbons (Fsp3) is 0. The number of hydrogen-bond donors (Lipinski definition) is 2. The van der Waals surface area contributed by atoms with Crippen LogP contribution in [0.3, 0.4) is 0 Å². The van der Waals surface area contributed by atoms with Gasteiger partial charge in [0.05, 0.1) is 0 Å². The SMILES string of the molecule is O=C(O)/C=C/C(=O)Oc1c[nH]c2ccccc12. The monoisotopic (exact) mass is 231 g/mol. The van der Waals surface area contributed by atoms with Crippen molar-refractivity contribution in [2.45, 2.75) is 0 Å². The molecule has 2 aromatic rings. The zero-order valence-electron chi connectivity index (χ0n) is 8.71. The van der Waals surface area contributed by atoms with Crippen molar-refractivity contribution in [1.82, 2.24) is 4.98 Å². The molecule has 0 saturated carbocycles. The van der Waals surface area contributed by atoms with Crippen LogP contribution in [0.1, 0.15) is 0 Å². The molecule has 17 heavy (non-hydrogen) atoms. The molecule has 0 aliphatic carbocycles. The van der Waals surface area contributed by atoms with E-state index in [9.17, 15) is 9.59 Å². The van der Waals surface area contributed by atoms with E-state index in [1.165, 1.54) is 0 Å². The first-order chi connectivity index (χ1) is 8.16. The van der Waals surface area contributed by atoms with E-state index < -0.39 is 11.9 Å². The number of carbonyl (C=O) groups is 2. The third-order valence-electron chi connectivity index (χ3n) is 2.12. The quantitative estimate of drug-likeness (QED) is 0.622. The van der Waals surface area contributed by atoms with Gasteiger partial charge in [0.1, 0.15) is 0 Å². The molecule has 0 bridgehead atoms. The Kier molecular flexibility index (Phi) is 2.91. The Balaban J connectivity index is 2.19. The van der Waals surface area contributed by atoms with Crippen molar-refractivity contribution in [1.29, 1.82) is 0 Å². The van der Waals surface area contributed by atoms with Crippen molar-refractivity contribution >= 4 is 22.8 Å². The van der Waals surface area contributed by atoms with Gasteiger partial charge in [-0.15, -0.1) is 0 Å². The molecule has 0 spiro atoms. The number of aromatic nitrogens is 1. The summed E-state index contributed by atoms with van der Waals surface area (Å²) in [5.41, 5.74) is 0.845. The van der Waals surface area contributed by atoms with Crippen LogP contribution in [-0.4, -0.2) is 22.0 Å². The summed E-state index contributed by atoms with van der Waals surface area (Å²) < 4.78 is 5.00. The number of carbonyl (C=O) groups excluding carboxylic acids is 1. The van der Waals surface area contributed by atoms with Crippen LogP contribution in [0.15, 0.2) is 42.6 Å². The summed E-state index contributed by atoms with van der Waals surface area (Å²) in [6, 6.07) is 7.32. The van der Waals surface area contributed by atoms with E-state index in [1.54, 1.807) is 12.3 Å². The Morgan fingerprint density at radius 2 is 2.00 bits per heavy atom. The molecule has 0 atom stereocenters. The summed E-state index contributed by atoms with van der Waals surface area (Å²) in [5.74, 6) is -1.54. The van der Waals surface area contributed by atoms with Crippen molar-refractivity contribution in [2.24, 2.45) is 0 Å². The first-order valence-electron chi connectivity index (χ1n) is 4.86. The van der Waals surface area contributed by atoms with E-state index in [0.29, 0.717) is 5.75 Å². The number of aliphatic carboxylic acids is 1. The minimum Gasteiger partial charge on any atom is -0.478 e. The number of H-pyrrole nitrogens is 1. The van der Waals surface area contributed by atoms with Crippen LogP contribution in [0.4, 0.5) is 0 Å². The maximum atomic E-state index is 11.3. The number of benzene rings is 1. The Morgan fingerprint density at radius 1 is 1.24 bits per heavy atom. The van der Waals surface area contributed by atoms with Gasteiger partial charge >= 0.3 is 11.9 Å². The molecule has 0 amide bonds. The molecule has 86 valence electrons. The average Bonchev–Trinajstić information content (AvgIpc) is 2.70. The van der Waals surface area contributed by atoms with Gasteiger partial charge in [-0.1, -0.05) is 12.1 Å². The molecule has 2 rings (SSSR count). The van der Waals surface area contributed by atoms with Gasteiger partial charge in [-0.2, -0.15) is 0 Å². The molecule has 0 fully saturated rings. The minimum atomic E-state index is -1.19. The summed E-state index contributed by atoms with van der Waals surface area (Å²) in [6.07, 6.45) is 3.15. The number of ether oxygens (including phenoxy) is 1. The van der Waals surface area contributed by atoms with Crippen LogP contribution in [0.25, 0.3) is 10.9 Å². The van der Waals surface area contributed by atoms with Crippen LogP contribution < -0.4 is 4.74 Å². The Bertz CT molecular complexity index is 597. The van der Waals surface area contributed by atoms with E-state index >= 15 is 0 Å². The van der Waals surface area contributed by atoms with Crippen molar-refractivity contribution in [2.75, 3.05) is 0 Å². The maximum absolute atomic E-state index is 11.3. The van der Waals surface area contributed by atoms with Crippen molar-refractivity contribution < 1.29 is 19.4 Å². The summed E-state index contributed by atoms with van der Waals surface area (Å²) in [4.78, 5) is 24.4. The van der Waals surface area contributed by atoms with Gasteiger partial charge in [0, 0.05) is 29.3 Å². The molecule has 1 heterocycles. The lowest BCUT2D eigenvalue weighted by Gasteiger charge is -1.97. The van der Waals surface area contributed by atoms with E-state index in [4.69, 9.17) is 9.84 Å². The number of esters is 1. The molecule has 1 aromatic heterocycles. The third kappa shape index (κ3) is 2.52. The van der Waals surface area contributed by atoms with Gasteiger partial charge in [0.25, 0.3) is 0 Å². The topological polar surface area (TPSA) is 79.4 Å². The van der Waals surface area contributed by atoms with Gasteiger partial charge in [-0.05, 0) is 12.1 Å². The minimum absolute atomic E-state index is 0.376. The van der Waals surface area contributed by atoms with E-state index in [-0.39, 0.29) is 0 Å². The Labute approximate surface area is 96.3 Å². The lowest BCUT2D eigenvalue weighted by atomic mass is 10.2. The molecule has 5 nitrogen and oxygen atoms in total. The highest BCUT2D eigenvalue weighted by atomic mass is 16.5. The van der Waals surface area contributed by atoms with Gasteiger partial charge in [0.2, 0.25) is 0 Å². The van der Waals surface area contributed by atoms with Gasteiger partial charge in [-0.25, -0.2) is 9.59 Å². The lowest BCUT2D eigenvalue weighted by molar-refractivity contribution is -0.133. The van der Waals surface area contributed by atoms with Crippen LogP contribution in [0, 0.1) is 0 Å². The molecule has 0 aliphatic heterocycles. The fourth-order valence-corrected chi connectivity index (χ4v) is 1.41. The largest absolute Gasteiger partial charge is 0.478 e. The first-order valence-corrected chi connectivity index (χ1v) is 4.86. The highest BCUT2D eigenvalue weighted by Gasteiger charge is 2.07. The molecule has 1 aromatic carbocycles. The normalized spacial score (nSPS) is 10.8. The number of carboxylic acids is 1. The highest BCUT2D eigenvalue weighted by molar-refractivity contribution is 5.94. The molecule has 0 aliphatic rings. The Hall–Kier alpha value is -2.56. The molecule has 0 unspecified atom stereocenters. The zero-order chi connectivity index (χ0) is 12.3. The molecule has 2 N–H and O–H groups in total. The van der Waals surface area contributed by atoms with Crippen molar-refractivity contribution in [3.63, 3.8) is 0 Å². The second-order valence-corrected chi connectivity index (χ2v) is 3.29. The molecule has 0 saturated heterocycles. The van der Waals surface area contributed by atoms with Crippen LogP contribution in [0.5, 0.6) is 5.75 Å².